The fourth-order valence-electron chi connectivity index (χ4n) is 1.59. The number of amides is 1. The molecule has 1 unspecified atom stereocenters. The molecule has 1 rings (SSSR count). The van der Waals surface area contributed by atoms with E-state index in [2.05, 4.69) is 0 Å². The van der Waals surface area contributed by atoms with Crippen molar-refractivity contribution in [1.29, 1.82) is 0 Å². The van der Waals surface area contributed by atoms with Gasteiger partial charge in [0, 0.05) is 5.56 Å². The molecule has 17 heavy (non-hydrogen) atoms. The monoisotopic (exact) mass is 237 g/mol. The molecule has 4 nitrogen and oxygen atoms in total. The molecule has 2 atom stereocenters. The van der Waals surface area contributed by atoms with Crippen LogP contribution in [0.3, 0.4) is 0 Å². The van der Waals surface area contributed by atoms with Crippen LogP contribution in [0.15, 0.2) is 24.3 Å². The first-order valence-electron chi connectivity index (χ1n) is 5.88. The molecule has 1 amide bonds. The van der Waals surface area contributed by atoms with E-state index in [1.54, 1.807) is 0 Å². The second-order valence-electron chi connectivity index (χ2n) is 4.22. The molecule has 0 fully saturated rings. The van der Waals surface area contributed by atoms with E-state index < -0.39 is 0 Å². The van der Waals surface area contributed by atoms with Crippen LogP contribution in [0.2, 0.25) is 0 Å². The summed E-state index contributed by atoms with van der Waals surface area (Å²) in [4.78, 5) is 12.1. The lowest BCUT2D eigenvalue weighted by Crippen LogP contribution is -3.12. The van der Waals surface area contributed by atoms with Crippen LogP contribution >= 0.6 is 0 Å². The van der Waals surface area contributed by atoms with Crippen LogP contribution in [0.4, 0.5) is 0 Å². The van der Waals surface area contributed by atoms with Crippen LogP contribution in [-0.4, -0.2) is 25.6 Å². The minimum Gasteiger partial charge on any atom is -0.494 e. The van der Waals surface area contributed by atoms with E-state index >= 15 is 0 Å². The largest absolute Gasteiger partial charge is 0.494 e. The van der Waals surface area contributed by atoms with Crippen molar-refractivity contribution in [2.45, 2.75) is 26.4 Å². The number of nitrogens with two attached hydrogens (primary N) is 1. The topological polar surface area (TPSA) is 56.8 Å². The minimum atomic E-state index is -0.270. The van der Waals surface area contributed by atoms with E-state index in [0.29, 0.717) is 6.61 Å². The normalized spacial score (nSPS) is 14.1. The number of primary amides is 1. The highest BCUT2D eigenvalue weighted by Gasteiger charge is 2.18. The van der Waals surface area contributed by atoms with Gasteiger partial charge in [0.25, 0.3) is 5.91 Å². The Hall–Kier alpha value is -1.55. The maximum absolute atomic E-state index is 11.1. The summed E-state index contributed by atoms with van der Waals surface area (Å²) in [5.74, 6) is 0.602. The minimum absolute atomic E-state index is 0.179. The van der Waals surface area contributed by atoms with Crippen LogP contribution in [-0.2, 0) is 11.3 Å². The van der Waals surface area contributed by atoms with E-state index in [4.69, 9.17) is 10.5 Å². The van der Waals surface area contributed by atoms with Crippen molar-refractivity contribution in [3.05, 3.63) is 29.8 Å². The van der Waals surface area contributed by atoms with E-state index in [-0.39, 0.29) is 11.9 Å². The molecule has 0 heterocycles. The van der Waals surface area contributed by atoms with E-state index in [9.17, 15) is 4.79 Å². The number of hydrogen-bond donors (Lipinski definition) is 2. The Kier molecular flexibility index (Phi) is 4.97. The van der Waals surface area contributed by atoms with Crippen LogP contribution in [0.25, 0.3) is 0 Å². The molecule has 4 heteroatoms. The summed E-state index contributed by atoms with van der Waals surface area (Å²) in [5.41, 5.74) is 6.44. The van der Waals surface area contributed by atoms with E-state index in [0.717, 1.165) is 17.2 Å². The average molecular weight is 237 g/mol. The van der Waals surface area contributed by atoms with Crippen molar-refractivity contribution in [3.63, 3.8) is 0 Å². The van der Waals surface area contributed by atoms with Gasteiger partial charge in [0.15, 0.2) is 6.04 Å². The first kappa shape index (κ1) is 13.5. The number of rotatable bonds is 6. The smallest absolute Gasteiger partial charge is 0.275 e. The van der Waals surface area contributed by atoms with Gasteiger partial charge < -0.3 is 15.4 Å². The van der Waals surface area contributed by atoms with Crippen LogP contribution in [0, 0.1) is 0 Å². The lowest BCUT2D eigenvalue weighted by atomic mass is 10.2. The molecular formula is C13H21N2O2+. The van der Waals surface area contributed by atoms with Crippen LogP contribution < -0.4 is 15.4 Å². The molecule has 0 saturated heterocycles. The van der Waals surface area contributed by atoms with E-state index in [1.807, 2.05) is 45.2 Å². The number of benzene rings is 1. The van der Waals surface area contributed by atoms with Crippen LogP contribution in [0.5, 0.6) is 5.75 Å². The molecule has 0 bridgehead atoms. The highest BCUT2D eigenvalue weighted by atomic mass is 16.5. The number of hydrogen-bond acceptors (Lipinski definition) is 2. The van der Waals surface area contributed by atoms with Gasteiger partial charge in [-0.05, 0) is 38.1 Å². The molecule has 1 aromatic rings. The highest BCUT2D eigenvalue weighted by molar-refractivity contribution is 5.77. The third-order valence-electron chi connectivity index (χ3n) is 2.88. The zero-order valence-corrected chi connectivity index (χ0v) is 10.7. The summed E-state index contributed by atoms with van der Waals surface area (Å²) in [6, 6.07) is 7.74. The highest BCUT2D eigenvalue weighted by Crippen LogP contribution is 2.11. The van der Waals surface area contributed by atoms with Crippen molar-refractivity contribution in [3.8, 4) is 5.75 Å². The van der Waals surface area contributed by atoms with Gasteiger partial charge in [-0.3, -0.25) is 4.79 Å². The van der Waals surface area contributed by atoms with Gasteiger partial charge in [0.2, 0.25) is 0 Å². The quantitative estimate of drug-likeness (QED) is 0.730. The molecule has 94 valence electrons. The average Bonchev–Trinajstić information content (AvgIpc) is 2.30. The molecular weight excluding hydrogens is 216 g/mol. The Morgan fingerprint density at radius 2 is 2.00 bits per heavy atom. The number of ether oxygens (including phenoxy) is 1. The fraction of sp³-hybridized carbons (Fsp3) is 0.462. The second-order valence-corrected chi connectivity index (χ2v) is 4.22. The number of carbonyl (C=O) groups is 1. The Labute approximate surface area is 102 Å². The molecule has 0 aliphatic rings. The summed E-state index contributed by atoms with van der Waals surface area (Å²) < 4.78 is 5.37. The molecule has 0 radical (unpaired) electrons. The Morgan fingerprint density at radius 1 is 1.41 bits per heavy atom. The summed E-state index contributed by atoms with van der Waals surface area (Å²) in [6.45, 7) is 5.24. The Morgan fingerprint density at radius 3 is 2.47 bits per heavy atom. The Bertz CT molecular complexity index is 362. The molecule has 0 aliphatic carbocycles. The number of likely N-dealkylation sites (N-methyl/N-ethyl adjacent to an activating group) is 1. The molecule has 1 aromatic carbocycles. The van der Waals surface area contributed by atoms with Crippen molar-refractivity contribution in [2.24, 2.45) is 5.73 Å². The second kappa shape index (κ2) is 6.25. The lowest BCUT2D eigenvalue weighted by molar-refractivity contribution is -0.908. The summed E-state index contributed by atoms with van der Waals surface area (Å²) in [7, 11) is 1.96. The molecule has 0 aliphatic heterocycles. The zero-order valence-electron chi connectivity index (χ0n) is 10.7. The maximum Gasteiger partial charge on any atom is 0.275 e. The zero-order chi connectivity index (χ0) is 12.8. The van der Waals surface area contributed by atoms with Gasteiger partial charge in [-0.15, -0.1) is 0 Å². The maximum atomic E-state index is 11.1. The molecule has 3 N–H and O–H groups in total. The first-order valence-corrected chi connectivity index (χ1v) is 5.88. The van der Waals surface area contributed by atoms with Gasteiger partial charge in [-0.1, -0.05) is 0 Å². The van der Waals surface area contributed by atoms with E-state index in [1.165, 1.54) is 5.56 Å². The summed E-state index contributed by atoms with van der Waals surface area (Å²) in [6.07, 6.45) is 0. The predicted molar refractivity (Wildman–Crippen MR) is 66.9 cm³/mol. The van der Waals surface area contributed by atoms with Gasteiger partial charge >= 0.3 is 0 Å². The molecule has 0 aromatic heterocycles. The van der Waals surface area contributed by atoms with Gasteiger partial charge in [-0.25, -0.2) is 0 Å². The lowest BCUT2D eigenvalue weighted by Gasteiger charge is -2.19. The SMILES string of the molecule is CCOc1ccc(C[NH+](C)[C@H](C)C(N)=O)cc1. The molecule has 0 saturated carbocycles. The van der Waals surface area contributed by atoms with Crippen molar-refractivity contribution in [2.75, 3.05) is 13.7 Å². The number of carbonyl (C=O) groups excluding carboxylic acids is 1. The van der Waals surface area contributed by atoms with Crippen molar-refractivity contribution < 1.29 is 14.4 Å². The predicted octanol–water partition coefficient (Wildman–Crippen LogP) is -0.0262. The van der Waals surface area contributed by atoms with Gasteiger partial charge in [0.1, 0.15) is 12.3 Å². The van der Waals surface area contributed by atoms with Gasteiger partial charge in [0.05, 0.1) is 13.7 Å². The van der Waals surface area contributed by atoms with Crippen LogP contribution in [0.1, 0.15) is 19.4 Å². The number of nitrogens with one attached hydrogen (secondary N) is 1. The van der Waals surface area contributed by atoms with Crippen molar-refractivity contribution in [1.82, 2.24) is 0 Å². The first-order chi connectivity index (χ1) is 8.04. The standard InChI is InChI=1S/C13H20N2O2/c1-4-17-12-7-5-11(6-8-12)9-15(3)10(2)13(14)16/h5-8,10H,4,9H2,1-3H3,(H2,14,16)/p+1/t10-/m1/s1. The summed E-state index contributed by atoms with van der Waals surface area (Å²) >= 11 is 0. The fourth-order valence-corrected chi connectivity index (χ4v) is 1.59. The van der Waals surface area contributed by atoms with Crippen molar-refractivity contribution >= 4 is 5.91 Å². The summed E-state index contributed by atoms with van der Waals surface area (Å²) in [5, 5.41) is 0. The van der Waals surface area contributed by atoms with Gasteiger partial charge in [-0.2, -0.15) is 0 Å². The molecule has 0 spiro atoms. The third kappa shape index (κ3) is 4.07. The Balaban J connectivity index is 2.59. The third-order valence-corrected chi connectivity index (χ3v) is 2.88. The number of quaternary nitrogens is 1.